The van der Waals surface area contributed by atoms with Gasteiger partial charge in [-0.3, -0.25) is 9.69 Å². The molecule has 1 heterocycles. The number of aliphatic hydroxyl groups excluding tert-OH is 1. The molecule has 4 aliphatic carbocycles. The molecule has 242 valence electrons. The quantitative estimate of drug-likeness (QED) is 0.222. The Labute approximate surface area is 273 Å². The first kappa shape index (κ1) is 47.4. The number of hydrogen-bond acceptors (Lipinski definition) is 3. The average Bonchev–Trinajstić information content (AvgIpc) is 3.69. The molecule has 0 radical (unpaired) electrons. The number of amides is 1. The van der Waals surface area contributed by atoms with Crippen LogP contribution in [0.25, 0.3) is 0 Å². The van der Waals surface area contributed by atoms with E-state index in [9.17, 15) is 9.90 Å². The van der Waals surface area contributed by atoms with Crippen LogP contribution in [0.5, 0.6) is 0 Å². The molecule has 5 aliphatic rings. The van der Waals surface area contributed by atoms with Crippen molar-refractivity contribution >= 4 is 5.91 Å². The molecular weight excluding hydrogens is 580 g/mol. The number of likely N-dealkylation sites (tertiary alicyclic amines) is 1. The van der Waals surface area contributed by atoms with E-state index in [2.05, 4.69) is 4.90 Å². The van der Waals surface area contributed by atoms with Crippen LogP contribution in [0.4, 0.5) is 0 Å². The van der Waals surface area contributed by atoms with Crippen LogP contribution in [0.3, 0.4) is 0 Å². The molecule has 0 aromatic rings. The molecule has 40 heavy (non-hydrogen) atoms. The number of carbonyl (C=O) groups is 1. The van der Waals surface area contributed by atoms with Crippen molar-refractivity contribution in [2.24, 2.45) is 17.8 Å². The molecule has 1 saturated heterocycles. The molecule has 0 atom stereocenters. The summed E-state index contributed by atoms with van der Waals surface area (Å²) in [6.45, 7) is 4.84. The monoisotopic (exact) mass is 648 g/mol. The van der Waals surface area contributed by atoms with Crippen molar-refractivity contribution in [3.05, 3.63) is 29.7 Å². The van der Waals surface area contributed by atoms with E-state index in [0.29, 0.717) is 18.4 Å². The van der Waals surface area contributed by atoms with E-state index in [1.165, 1.54) is 116 Å². The zero-order valence-corrected chi connectivity index (χ0v) is 29.3. The molecule has 1 N–H and O–H groups in total. The van der Waals surface area contributed by atoms with Crippen LogP contribution in [-0.4, -0.2) is 60.1 Å². The molecular formula is C34H68Fe2N2O2. The Morgan fingerprint density at radius 1 is 0.550 bits per heavy atom. The summed E-state index contributed by atoms with van der Waals surface area (Å²) in [5.74, 6) is 2.36. The second-order valence-electron chi connectivity index (χ2n) is 12.0. The second-order valence-corrected chi connectivity index (χ2v) is 12.0. The van der Waals surface area contributed by atoms with E-state index in [1.54, 1.807) is 0 Å². The Balaban J connectivity index is -0.000000344. The van der Waals surface area contributed by atoms with Gasteiger partial charge in [0.15, 0.2) is 0 Å². The Bertz CT molecular complexity index is 481. The van der Waals surface area contributed by atoms with Crippen LogP contribution in [0.1, 0.15) is 128 Å². The van der Waals surface area contributed by atoms with Crippen molar-refractivity contribution in [3.63, 3.8) is 0 Å². The van der Waals surface area contributed by atoms with Gasteiger partial charge in [-0.1, -0.05) is 89.9 Å². The van der Waals surface area contributed by atoms with Gasteiger partial charge in [-0.2, -0.15) is 0 Å². The summed E-state index contributed by atoms with van der Waals surface area (Å²) in [6.07, 6.45) is 27.9. The molecule has 0 spiro atoms. The number of nitrogens with zero attached hydrogens (tertiary/aromatic N) is 2. The number of rotatable bonds is 7. The van der Waals surface area contributed by atoms with E-state index in [0.717, 1.165) is 50.9 Å². The maximum absolute atomic E-state index is 12.8. The SMILES string of the molecule is C1CCCC1.C1CCCC1.O=C(CN(CC1CCCC1)CC1CCCC1)N1CCC(CO)CC1.[CH3-].[CH3-].[CH3-].[CH3-].[Fe+2].[Fe+2]. The zero-order valence-electron chi connectivity index (χ0n) is 27.1. The molecule has 0 aromatic heterocycles. The largest absolute Gasteiger partial charge is 2.00 e. The van der Waals surface area contributed by atoms with Crippen molar-refractivity contribution in [2.75, 3.05) is 39.3 Å². The fourth-order valence-corrected chi connectivity index (χ4v) is 6.74. The Morgan fingerprint density at radius 3 is 1.18 bits per heavy atom. The van der Waals surface area contributed by atoms with Gasteiger partial charge < -0.3 is 39.7 Å². The van der Waals surface area contributed by atoms with Crippen LogP contribution < -0.4 is 0 Å². The topological polar surface area (TPSA) is 43.8 Å². The second kappa shape index (κ2) is 29.5. The van der Waals surface area contributed by atoms with Crippen LogP contribution in [0.15, 0.2) is 0 Å². The Morgan fingerprint density at radius 2 is 0.875 bits per heavy atom. The minimum atomic E-state index is 0. The molecule has 5 rings (SSSR count). The van der Waals surface area contributed by atoms with Gasteiger partial charge in [0.1, 0.15) is 0 Å². The molecule has 6 heteroatoms. The van der Waals surface area contributed by atoms with Crippen LogP contribution in [0.2, 0.25) is 0 Å². The first-order chi connectivity index (χ1) is 16.7. The molecule has 1 aliphatic heterocycles. The number of piperidine rings is 1. The Kier molecular flexibility index (Phi) is 34.9. The first-order valence-electron chi connectivity index (χ1n) is 15.4. The smallest absolute Gasteiger partial charge is 0.396 e. The molecule has 4 nitrogen and oxygen atoms in total. The van der Waals surface area contributed by atoms with Crippen molar-refractivity contribution in [2.45, 2.75) is 128 Å². The van der Waals surface area contributed by atoms with E-state index >= 15 is 0 Å². The van der Waals surface area contributed by atoms with Gasteiger partial charge >= 0.3 is 34.1 Å². The third-order valence-electron chi connectivity index (χ3n) is 9.07. The van der Waals surface area contributed by atoms with Gasteiger partial charge in [-0.25, -0.2) is 0 Å². The summed E-state index contributed by atoms with van der Waals surface area (Å²) in [7, 11) is 0. The number of carbonyl (C=O) groups excluding carboxylic acids is 1. The number of aliphatic hydroxyl groups is 1. The third kappa shape index (κ3) is 19.6. The predicted molar refractivity (Wildman–Crippen MR) is 169 cm³/mol. The summed E-state index contributed by atoms with van der Waals surface area (Å²) in [4.78, 5) is 17.3. The number of hydrogen-bond donors (Lipinski definition) is 1. The minimum Gasteiger partial charge on any atom is -0.396 e. The van der Waals surface area contributed by atoms with Gasteiger partial charge in [-0.05, 0) is 56.3 Å². The van der Waals surface area contributed by atoms with Gasteiger partial charge in [0, 0.05) is 32.8 Å². The summed E-state index contributed by atoms with van der Waals surface area (Å²) in [5.41, 5.74) is 0. The Hall–Kier alpha value is 0.429. The zero-order chi connectivity index (χ0) is 23.8. The van der Waals surface area contributed by atoms with E-state index in [1.807, 2.05) is 4.90 Å². The molecule has 0 unspecified atom stereocenters. The van der Waals surface area contributed by atoms with Gasteiger partial charge in [0.05, 0.1) is 6.54 Å². The van der Waals surface area contributed by atoms with Crippen LogP contribution in [-0.2, 0) is 38.9 Å². The molecule has 0 aromatic carbocycles. The predicted octanol–water partition coefficient (Wildman–Crippen LogP) is 8.60. The molecule has 0 bridgehead atoms. The van der Waals surface area contributed by atoms with Crippen LogP contribution >= 0.6 is 0 Å². The average molecular weight is 649 g/mol. The van der Waals surface area contributed by atoms with E-state index in [-0.39, 0.29) is 70.5 Å². The maximum atomic E-state index is 12.8. The normalized spacial score (nSPS) is 20.6. The molecule has 4 saturated carbocycles. The molecule has 1 amide bonds. The first-order valence-corrected chi connectivity index (χ1v) is 15.4. The van der Waals surface area contributed by atoms with Crippen molar-refractivity contribution < 1.29 is 44.0 Å². The van der Waals surface area contributed by atoms with Gasteiger partial charge in [0.2, 0.25) is 5.91 Å². The summed E-state index contributed by atoms with van der Waals surface area (Å²) in [6, 6.07) is 0. The van der Waals surface area contributed by atoms with Crippen molar-refractivity contribution in [1.29, 1.82) is 0 Å². The summed E-state index contributed by atoms with van der Waals surface area (Å²) < 4.78 is 0. The van der Waals surface area contributed by atoms with Crippen molar-refractivity contribution in [1.82, 2.24) is 9.80 Å². The van der Waals surface area contributed by atoms with E-state index < -0.39 is 0 Å². The van der Waals surface area contributed by atoms with Crippen molar-refractivity contribution in [3.8, 4) is 0 Å². The fraction of sp³-hybridized carbons (Fsp3) is 0.853. The third-order valence-corrected chi connectivity index (χ3v) is 9.07. The van der Waals surface area contributed by atoms with Crippen LogP contribution in [0, 0.1) is 47.5 Å². The standard InChI is InChI=1S/C20H36N2O2.2C5H10.4CH3.2Fe/c23-16-19-9-11-22(12-10-19)20(24)15-21(13-17-5-1-2-6-17)14-18-7-3-4-8-18;2*1-2-4-5-3-1;;;;;;/h17-19,23H,1-16H2;2*1-5H2;4*1H3;;/q;;;4*-1;2*+2. The summed E-state index contributed by atoms with van der Waals surface area (Å²) >= 11 is 0. The summed E-state index contributed by atoms with van der Waals surface area (Å²) in [5, 5.41) is 9.27. The van der Waals surface area contributed by atoms with Gasteiger partial charge in [-0.15, -0.1) is 0 Å². The van der Waals surface area contributed by atoms with E-state index in [4.69, 9.17) is 0 Å². The fourth-order valence-electron chi connectivity index (χ4n) is 6.74. The molecule has 5 fully saturated rings. The van der Waals surface area contributed by atoms with Gasteiger partial charge in [0.25, 0.3) is 0 Å². The minimum absolute atomic E-state index is 0. The maximum Gasteiger partial charge on any atom is 2.00 e.